The first-order chi connectivity index (χ1) is 13.5. The van der Waals surface area contributed by atoms with Gasteiger partial charge in [-0.15, -0.1) is 0 Å². The molecular weight excluding hydrogens is 350 g/mol. The topological polar surface area (TPSA) is 63.1 Å². The summed E-state index contributed by atoms with van der Waals surface area (Å²) < 4.78 is 1.95. The fourth-order valence-electron chi connectivity index (χ4n) is 3.59. The Morgan fingerprint density at radius 3 is 2.75 bits per heavy atom. The number of anilines is 2. The molecule has 4 rings (SSSR count). The van der Waals surface area contributed by atoms with Gasteiger partial charge in [0, 0.05) is 31.4 Å². The van der Waals surface area contributed by atoms with Crippen LogP contribution >= 0.6 is 0 Å². The first-order valence-electron chi connectivity index (χ1n) is 9.68. The van der Waals surface area contributed by atoms with Gasteiger partial charge in [0.25, 0.3) is 5.91 Å². The van der Waals surface area contributed by atoms with Gasteiger partial charge in [-0.3, -0.25) is 9.48 Å². The maximum Gasteiger partial charge on any atom is 0.262 e. The fourth-order valence-corrected chi connectivity index (χ4v) is 3.59. The molecule has 1 N–H and O–H groups in total. The number of hydrogen-bond acceptors (Lipinski definition) is 4. The van der Waals surface area contributed by atoms with Crippen molar-refractivity contribution in [2.75, 3.05) is 23.3 Å². The van der Waals surface area contributed by atoms with Crippen LogP contribution in [-0.4, -0.2) is 33.8 Å². The van der Waals surface area contributed by atoms with Crippen molar-refractivity contribution in [2.24, 2.45) is 5.92 Å². The third kappa shape index (κ3) is 3.38. The summed E-state index contributed by atoms with van der Waals surface area (Å²) in [6, 6.07) is 12.0. The maximum absolute atomic E-state index is 13.6. The summed E-state index contributed by atoms with van der Waals surface area (Å²) in [6.45, 7) is 8.32. The minimum atomic E-state index is -0.0380. The molecule has 0 aliphatic carbocycles. The molecule has 3 heterocycles. The number of nitrogens with zero attached hydrogens (tertiary/aromatic N) is 4. The summed E-state index contributed by atoms with van der Waals surface area (Å²) >= 11 is 0. The standard InChI is InChI=1S/C22H25N5O/c1-15(2)14-27-20(17-7-5-4-6-8-17)18(13-25-27)22(28)26-10-9-23-21-19(26)11-16(3)12-24-21/h4-8,11-13,15H,9-10,14H2,1-3H3,(H,23,24). The second-order valence-corrected chi connectivity index (χ2v) is 7.61. The number of pyridine rings is 1. The Balaban J connectivity index is 1.79. The third-order valence-electron chi connectivity index (χ3n) is 4.82. The van der Waals surface area contributed by atoms with Crippen LogP contribution in [0.5, 0.6) is 0 Å². The van der Waals surface area contributed by atoms with E-state index >= 15 is 0 Å². The van der Waals surface area contributed by atoms with E-state index in [1.54, 1.807) is 6.20 Å². The van der Waals surface area contributed by atoms with Gasteiger partial charge in [0.1, 0.15) is 5.82 Å². The minimum absolute atomic E-state index is 0.0380. The normalized spacial score (nSPS) is 13.4. The van der Waals surface area contributed by atoms with Gasteiger partial charge in [0.2, 0.25) is 0 Å². The lowest BCUT2D eigenvalue weighted by molar-refractivity contribution is 0.0987. The summed E-state index contributed by atoms with van der Waals surface area (Å²) in [4.78, 5) is 19.8. The highest BCUT2D eigenvalue weighted by Gasteiger charge is 2.28. The molecule has 0 saturated heterocycles. The van der Waals surface area contributed by atoms with Gasteiger partial charge in [-0.2, -0.15) is 5.10 Å². The molecular formula is C22H25N5O. The second-order valence-electron chi connectivity index (χ2n) is 7.61. The molecule has 1 aliphatic heterocycles. The first kappa shape index (κ1) is 18.2. The first-order valence-corrected chi connectivity index (χ1v) is 9.68. The Bertz CT molecular complexity index is 993. The number of rotatable bonds is 4. The smallest absolute Gasteiger partial charge is 0.262 e. The van der Waals surface area contributed by atoms with Crippen molar-refractivity contribution >= 4 is 17.4 Å². The summed E-state index contributed by atoms with van der Waals surface area (Å²) in [7, 11) is 0. The summed E-state index contributed by atoms with van der Waals surface area (Å²) in [5, 5.41) is 7.84. The maximum atomic E-state index is 13.6. The average molecular weight is 375 g/mol. The van der Waals surface area contributed by atoms with E-state index in [9.17, 15) is 4.79 Å². The van der Waals surface area contributed by atoms with Crippen molar-refractivity contribution in [3.8, 4) is 11.3 Å². The molecule has 2 aromatic heterocycles. The fraction of sp³-hybridized carbons (Fsp3) is 0.318. The van der Waals surface area contributed by atoms with Crippen LogP contribution in [-0.2, 0) is 6.54 Å². The van der Waals surface area contributed by atoms with E-state index in [1.807, 2.05) is 59.1 Å². The van der Waals surface area contributed by atoms with Crippen LogP contribution in [0.1, 0.15) is 29.8 Å². The van der Waals surface area contributed by atoms with Gasteiger partial charge in [-0.25, -0.2) is 4.98 Å². The Morgan fingerprint density at radius 2 is 2.00 bits per heavy atom. The predicted octanol–water partition coefficient (Wildman–Crippen LogP) is 3.98. The number of aromatic nitrogens is 3. The molecule has 0 bridgehead atoms. The monoisotopic (exact) mass is 375 g/mol. The molecule has 0 atom stereocenters. The van der Waals surface area contributed by atoms with Crippen LogP contribution < -0.4 is 10.2 Å². The van der Waals surface area contributed by atoms with Crippen molar-refractivity contribution in [1.82, 2.24) is 14.8 Å². The number of hydrogen-bond donors (Lipinski definition) is 1. The van der Waals surface area contributed by atoms with Crippen molar-refractivity contribution in [1.29, 1.82) is 0 Å². The molecule has 0 spiro atoms. The molecule has 0 fully saturated rings. The zero-order chi connectivity index (χ0) is 19.7. The van der Waals surface area contributed by atoms with Gasteiger partial charge < -0.3 is 10.2 Å². The largest absolute Gasteiger partial charge is 0.367 e. The Kier molecular flexibility index (Phi) is 4.86. The van der Waals surface area contributed by atoms with E-state index in [0.29, 0.717) is 24.6 Å². The van der Waals surface area contributed by atoms with Crippen LogP contribution in [0.3, 0.4) is 0 Å². The summed E-state index contributed by atoms with van der Waals surface area (Å²) in [5.74, 6) is 1.14. The third-order valence-corrected chi connectivity index (χ3v) is 4.82. The molecule has 0 radical (unpaired) electrons. The highest BCUT2D eigenvalue weighted by molar-refractivity contribution is 6.11. The molecule has 1 aromatic carbocycles. The Morgan fingerprint density at radius 1 is 1.21 bits per heavy atom. The number of carbonyl (C=O) groups is 1. The molecule has 28 heavy (non-hydrogen) atoms. The SMILES string of the molecule is Cc1cnc2c(c1)N(C(=O)c1cnn(CC(C)C)c1-c1ccccc1)CCN2. The van der Waals surface area contributed by atoms with E-state index in [1.165, 1.54) is 0 Å². The van der Waals surface area contributed by atoms with Crippen LogP contribution in [0.2, 0.25) is 0 Å². The highest BCUT2D eigenvalue weighted by Crippen LogP contribution is 2.32. The van der Waals surface area contributed by atoms with Gasteiger partial charge in [0.15, 0.2) is 0 Å². The number of carbonyl (C=O) groups excluding carboxylic acids is 1. The zero-order valence-corrected chi connectivity index (χ0v) is 16.5. The second kappa shape index (κ2) is 7.46. The minimum Gasteiger partial charge on any atom is -0.367 e. The van der Waals surface area contributed by atoms with E-state index in [-0.39, 0.29) is 5.91 Å². The van der Waals surface area contributed by atoms with Crippen molar-refractivity contribution in [3.05, 3.63) is 59.9 Å². The lowest BCUT2D eigenvalue weighted by Gasteiger charge is -2.30. The number of aryl methyl sites for hydroxylation is 1. The van der Waals surface area contributed by atoms with Crippen molar-refractivity contribution < 1.29 is 4.79 Å². The van der Waals surface area contributed by atoms with E-state index < -0.39 is 0 Å². The van der Waals surface area contributed by atoms with Gasteiger partial charge in [0.05, 0.1) is 23.1 Å². The molecule has 1 amide bonds. The Labute approximate surface area is 165 Å². The van der Waals surface area contributed by atoms with Gasteiger partial charge in [-0.1, -0.05) is 44.2 Å². The average Bonchev–Trinajstić information content (AvgIpc) is 3.10. The van der Waals surface area contributed by atoms with Crippen LogP contribution in [0, 0.1) is 12.8 Å². The van der Waals surface area contributed by atoms with Crippen molar-refractivity contribution in [3.63, 3.8) is 0 Å². The number of fused-ring (bicyclic) bond motifs is 1. The Hall–Kier alpha value is -3.15. The molecule has 6 nitrogen and oxygen atoms in total. The lowest BCUT2D eigenvalue weighted by Crippen LogP contribution is -2.39. The molecule has 144 valence electrons. The highest BCUT2D eigenvalue weighted by atomic mass is 16.2. The molecule has 1 aliphatic rings. The van der Waals surface area contributed by atoms with Crippen LogP contribution in [0.4, 0.5) is 11.5 Å². The summed E-state index contributed by atoms with van der Waals surface area (Å²) in [6.07, 6.45) is 3.52. The quantitative estimate of drug-likeness (QED) is 0.749. The van der Waals surface area contributed by atoms with E-state index in [0.717, 1.165) is 34.9 Å². The molecule has 3 aromatic rings. The van der Waals surface area contributed by atoms with Crippen LogP contribution in [0.15, 0.2) is 48.8 Å². The molecule has 0 saturated carbocycles. The van der Waals surface area contributed by atoms with Crippen molar-refractivity contribution in [2.45, 2.75) is 27.3 Å². The van der Waals surface area contributed by atoms with Gasteiger partial charge in [-0.05, 0) is 24.5 Å². The van der Waals surface area contributed by atoms with Crippen LogP contribution in [0.25, 0.3) is 11.3 Å². The zero-order valence-electron chi connectivity index (χ0n) is 16.5. The lowest BCUT2D eigenvalue weighted by atomic mass is 10.1. The number of nitrogens with one attached hydrogen (secondary N) is 1. The van der Waals surface area contributed by atoms with E-state index in [4.69, 9.17) is 0 Å². The predicted molar refractivity (Wildman–Crippen MR) is 112 cm³/mol. The summed E-state index contributed by atoms with van der Waals surface area (Å²) in [5.41, 5.74) is 4.36. The molecule has 6 heteroatoms. The van der Waals surface area contributed by atoms with Gasteiger partial charge >= 0.3 is 0 Å². The number of amides is 1. The number of benzene rings is 1. The molecule has 0 unspecified atom stereocenters. The van der Waals surface area contributed by atoms with E-state index in [2.05, 4.69) is 29.2 Å².